The predicted molar refractivity (Wildman–Crippen MR) is 84.4 cm³/mol. The number of aliphatic hydroxyl groups excluding tert-OH is 1. The first-order valence-corrected chi connectivity index (χ1v) is 7.09. The highest BCUT2D eigenvalue weighted by Gasteiger charge is 2.24. The minimum absolute atomic E-state index is 0.0202. The van der Waals surface area contributed by atoms with Crippen molar-refractivity contribution in [1.82, 2.24) is 0 Å². The third kappa shape index (κ3) is 3.60. The van der Waals surface area contributed by atoms with Crippen molar-refractivity contribution in [3.63, 3.8) is 0 Å². The monoisotopic (exact) mass is 272 g/mol. The van der Waals surface area contributed by atoms with Gasteiger partial charge in [-0.05, 0) is 18.1 Å². The van der Waals surface area contributed by atoms with Crippen molar-refractivity contribution in [2.75, 3.05) is 0 Å². The number of hydrogen-bond acceptors (Lipinski definition) is 2. The predicted octanol–water partition coefficient (Wildman–Crippen LogP) is 4.78. The number of hydrogen-bond donors (Lipinski definition) is 1. The summed E-state index contributed by atoms with van der Waals surface area (Å²) >= 11 is 0. The van der Waals surface area contributed by atoms with E-state index in [1.807, 2.05) is 71.0 Å². The van der Waals surface area contributed by atoms with E-state index in [0.29, 0.717) is 5.57 Å². The summed E-state index contributed by atoms with van der Waals surface area (Å²) in [5.41, 5.74) is 2.20. The number of Topliss-reactive ketones (excluding diaryl/α,β-unsaturated/α-hetero) is 1. The Kier molecular flexibility index (Phi) is 5.75. The first kappa shape index (κ1) is 16.2. The van der Waals surface area contributed by atoms with Gasteiger partial charge in [0.15, 0.2) is 5.78 Å². The quantitative estimate of drug-likeness (QED) is 0.475. The van der Waals surface area contributed by atoms with Crippen LogP contribution in [0.4, 0.5) is 0 Å². The van der Waals surface area contributed by atoms with Crippen molar-refractivity contribution in [2.24, 2.45) is 11.8 Å². The van der Waals surface area contributed by atoms with Crippen LogP contribution in [0.5, 0.6) is 0 Å². The first-order valence-electron chi connectivity index (χ1n) is 7.09. The molecule has 2 nitrogen and oxygen atoms in total. The highest BCUT2D eigenvalue weighted by molar-refractivity contribution is 6.11. The van der Waals surface area contributed by atoms with Gasteiger partial charge in [-0.25, -0.2) is 0 Å². The molecule has 20 heavy (non-hydrogen) atoms. The van der Waals surface area contributed by atoms with E-state index in [1.165, 1.54) is 0 Å². The highest BCUT2D eigenvalue weighted by Crippen LogP contribution is 2.30. The number of aliphatic hydroxyl groups is 1. The van der Waals surface area contributed by atoms with Gasteiger partial charge >= 0.3 is 0 Å². The fourth-order valence-corrected chi connectivity index (χ4v) is 2.05. The SMILES string of the molecule is C/C=C(/C(C(=O)C(C)C)=C(/O)C(C)C)c1ccccc1. The number of allylic oxidation sites excluding steroid dienone is 4. The highest BCUT2D eigenvalue weighted by atomic mass is 16.3. The molecule has 0 unspecified atom stereocenters. The summed E-state index contributed by atoms with van der Waals surface area (Å²) in [6.45, 7) is 9.38. The van der Waals surface area contributed by atoms with E-state index >= 15 is 0 Å². The van der Waals surface area contributed by atoms with Crippen molar-refractivity contribution in [2.45, 2.75) is 34.6 Å². The molecule has 0 aliphatic carbocycles. The minimum Gasteiger partial charge on any atom is -0.511 e. The van der Waals surface area contributed by atoms with Gasteiger partial charge in [-0.15, -0.1) is 0 Å². The molecule has 2 heteroatoms. The van der Waals surface area contributed by atoms with Crippen molar-refractivity contribution < 1.29 is 9.90 Å². The lowest BCUT2D eigenvalue weighted by Crippen LogP contribution is -2.16. The lowest BCUT2D eigenvalue weighted by molar-refractivity contribution is -0.118. The zero-order chi connectivity index (χ0) is 15.3. The second kappa shape index (κ2) is 7.09. The molecule has 0 spiro atoms. The Hall–Kier alpha value is -1.83. The second-order valence-electron chi connectivity index (χ2n) is 5.50. The molecule has 0 atom stereocenters. The fraction of sp³-hybridized carbons (Fsp3) is 0.389. The average molecular weight is 272 g/mol. The second-order valence-corrected chi connectivity index (χ2v) is 5.50. The average Bonchev–Trinajstić information content (AvgIpc) is 2.43. The first-order chi connectivity index (χ1) is 9.40. The van der Waals surface area contributed by atoms with Crippen LogP contribution in [0, 0.1) is 11.8 Å². The Balaban J connectivity index is 3.45. The van der Waals surface area contributed by atoms with E-state index in [2.05, 4.69) is 0 Å². The summed E-state index contributed by atoms with van der Waals surface area (Å²) in [6, 6.07) is 9.71. The number of benzene rings is 1. The fourth-order valence-electron chi connectivity index (χ4n) is 2.05. The van der Waals surface area contributed by atoms with E-state index in [9.17, 15) is 9.90 Å². The van der Waals surface area contributed by atoms with Crippen LogP contribution in [0.1, 0.15) is 40.2 Å². The molecule has 0 saturated heterocycles. The van der Waals surface area contributed by atoms with Crippen LogP contribution < -0.4 is 0 Å². The smallest absolute Gasteiger partial charge is 0.169 e. The van der Waals surface area contributed by atoms with Crippen LogP contribution in [0.2, 0.25) is 0 Å². The van der Waals surface area contributed by atoms with Gasteiger partial charge in [-0.2, -0.15) is 0 Å². The third-order valence-electron chi connectivity index (χ3n) is 3.22. The van der Waals surface area contributed by atoms with E-state index < -0.39 is 0 Å². The molecule has 1 rings (SSSR count). The summed E-state index contributed by atoms with van der Waals surface area (Å²) in [7, 11) is 0. The molecule has 0 fully saturated rings. The Morgan fingerprint density at radius 1 is 1.05 bits per heavy atom. The van der Waals surface area contributed by atoms with Crippen LogP contribution in [0.25, 0.3) is 5.57 Å². The van der Waals surface area contributed by atoms with Gasteiger partial charge in [-0.3, -0.25) is 4.79 Å². The number of carbonyl (C=O) groups excluding carboxylic acids is 1. The molecule has 0 heterocycles. The van der Waals surface area contributed by atoms with Gasteiger partial charge in [0, 0.05) is 11.8 Å². The van der Waals surface area contributed by atoms with Gasteiger partial charge in [0.1, 0.15) is 5.76 Å². The van der Waals surface area contributed by atoms with Crippen LogP contribution in [0.3, 0.4) is 0 Å². The number of ketones is 1. The molecule has 0 aliphatic heterocycles. The van der Waals surface area contributed by atoms with Crippen molar-refractivity contribution >= 4 is 11.4 Å². The molecule has 0 amide bonds. The Labute approximate surface area is 121 Å². The molecule has 1 aromatic carbocycles. The summed E-state index contributed by atoms with van der Waals surface area (Å²) in [5, 5.41) is 10.4. The van der Waals surface area contributed by atoms with Gasteiger partial charge in [0.2, 0.25) is 0 Å². The largest absolute Gasteiger partial charge is 0.511 e. The summed E-state index contributed by atoms with van der Waals surface area (Å²) < 4.78 is 0. The van der Waals surface area contributed by atoms with Crippen LogP contribution >= 0.6 is 0 Å². The van der Waals surface area contributed by atoms with Gasteiger partial charge in [-0.1, -0.05) is 64.1 Å². The summed E-state index contributed by atoms with van der Waals surface area (Å²) in [6.07, 6.45) is 1.89. The number of rotatable bonds is 5. The van der Waals surface area contributed by atoms with Gasteiger partial charge < -0.3 is 5.11 Å². The molecule has 1 N–H and O–H groups in total. The Morgan fingerprint density at radius 3 is 2.00 bits per heavy atom. The molecular formula is C18H24O2. The topological polar surface area (TPSA) is 37.3 Å². The van der Waals surface area contributed by atoms with E-state index in [0.717, 1.165) is 11.1 Å². The van der Waals surface area contributed by atoms with Crippen molar-refractivity contribution in [3.8, 4) is 0 Å². The maximum Gasteiger partial charge on any atom is 0.169 e. The molecule has 0 aromatic heterocycles. The molecule has 0 saturated carbocycles. The molecule has 1 aromatic rings. The summed E-state index contributed by atoms with van der Waals surface area (Å²) in [5.74, 6) is -0.0790. The van der Waals surface area contributed by atoms with Crippen LogP contribution in [-0.2, 0) is 4.79 Å². The third-order valence-corrected chi connectivity index (χ3v) is 3.22. The maximum absolute atomic E-state index is 12.5. The number of carbonyl (C=O) groups is 1. The van der Waals surface area contributed by atoms with Crippen molar-refractivity contribution in [1.29, 1.82) is 0 Å². The summed E-state index contributed by atoms with van der Waals surface area (Å²) in [4.78, 5) is 12.5. The molecule has 0 radical (unpaired) electrons. The van der Waals surface area contributed by atoms with Gasteiger partial charge in [0.05, 0.1) is 5.57 Å². The van der Waals surface area contributed by atoms with Gasteiger partial charge in [0.25, 0.3) is 0 Å². The van der Waals surface area contributed by atoms with E-state index in [-0.39, 0.29) is 23.4 Å². The lowest BCUT2D eigenvalue weighted by Gasteiger charge is -2.17. The van der Waals surface area contributed by atoms with E-state index in [4.69, 9.17) is 0 Å². The normalized spacial score (nSPS) is 13.7. The standard InChI is InChI=1S/C18H24O2/c1-6-15(14-10-8-7-9-11-14)16(17(19)12(2)3)18(20)13(4)5/h6-13,19H,1-5H3/b15-6+,17-16-. The minimum atomic E-state index is -0.149. The molecule has 108 valence electrons. The molecular weight excluding hydrogens is 248 g/mol. The van der Waals surface area contributed by atoms with Crippen LogP contribution in [0.15, 0.2) is 47.7 Å². The lowest BCUT2D eigenvalue weighted by atomic mass is 9.87. The molecule has 0 aliphatic rings. The van der Waals surface area contributed by atoms with Crippen LogP contribution in [-0.4, -0.2) is 10.9 Å². The zero-order valence-corrected chi connectivity index (χ0v) is 13.0. The van der Waals surface area contributed by atoms with Crippen molar-refractivity contribution in [3.05, 3.63) is 53.3 Å². The maximum atomic E-state index is 12.5. The Morgan fingerprint density at radius 2 is 1.60 bits per heavy atom. The zero-order valence-electron chi connectivity index (χ0n) is 13.0. The Bertz CT molecular complexity index is 520. The van der Waals surface area contributed by atoms with E-state index in [1.54, 1.807) is 0 Å². The molecule has 0 bridgehead atoms.